The lowest BCUT2D eigenvalue weighted by Gasteiger charge is -2.44. The van der Waals surface area contributed by atoms with Gasteiger partial charge >= 0.3 is 53.7 Å². The number of hydrogen-bond donors (Lipinski definition) is 5. The number of Topliss-reactive ketones (excluding diaryl/α,β-unsaturated/α-hetero) is 3. The second-order valence-corrected chi connectivity index (χ2v) is 29.8. The Morgan fingerprint density at radius 3 is 0.898 bits per heavy atom. The van der Waals surface area contributed by atoms with E-state index in [4.69, 9.17) is 104 Å². The lowest BCUT2D eigenvalue weighted by molar-refractivity contribution is -0.279. The molecule has 3 saturated heterocycles. The van der Waals surface area contributed by atoms with E-state index in [0.717, 1.165) is 62.3 Å². The minimum atomic E-state index is -1.33. The van der Waals surface area contributed by atoms with Gasteiger partial charge < -0.3 is 131 Å². The smallest absolute Gasteiger partial charge is 0.303 e. The Bertz CT molecular complexity index is 3110. The molecule has 0 radical (unpaired) electrons. The zero-order valence-electron chi connectivity index (χ0n) is 76.5. The quantitative estimate of drug-likeness (QED) is 0.0329. The van der Waals surface area contributed by atoms with Crippen LogP contribution in [0.25, 0.3) is 0 Å². The number of carbonyl (C=O) groups is 17. The summed E-state index contributed by atoms with van der Waals surface area (Å²) in [7, 11) is 1.56. The number of unbranched alkanes of at least 4 members (excludes halogenated alkanes) is 1. The van der Waals surface area contributed by atoms with Crippen LogP contribution in [0.4, 0.5) is 0 Å². The third-order valence-electron chi connectivity index (χ3n) is 18.8. The Kier molecular flexibility index (Phi) is 59.8. The maximum Gasteiger partial charge on any atom is 0.303 e. The van der Waals surface area contributed by atoms with Crippen molar-refractivity contribution in [3.05, 3.63) is 0 Å². The maximum atomic E-state index is 14.1. The first-order valence-corrected chi connectivity index (χ1v) is 43.1. The second kappa shape index (κ2) is 66.4. The van der Waals surface area contributed by atoms with Crippen molar-refractivity contribution >= 4 is 101 Å². The average molecular weight is 1840 g/mol. The number of ether oxygens (including phenoxy) is 22. The van der Waals surface area contributed by atoms with Gasteiger partial charge in [0.15, 0.2) is 55.5 Å². The van der Waals surface area contributed by atoms with Crippen LogP contribution in [0.1, 0.15) is 200 Å². The average Bonchev–Trinajstić information content (AvgIpc) is 0.796. The molecule has 3 aliphatic heterocycles. The molecule has 15 atom stereocenters. The molecule has 0 aliphatic carbocycles. The first kappa shape index (κ1) is 115. The lowest BCUT2D eigenvalue weighted by Crippen LogP contribution is -2.66. The Labute approximate surface area is 746 Å². The van der Waals surface area contributed by atoms with Crippen LogP contribution in [0.15, 0.2) is 0 Å². The highest BCUT2D eigenvalue weighted by Crippen LogP contribution is 2.33. The van der Waals surface area contributed by atoms with E-state index < -0.39 is 201 Å². The largest absolute Gasteiger partial charge is 0.463 e. The van der Waals surface area contributed by atoms with E-state index in [1.807, 2.05) is 13.8 Å². The molecule has 0 saturated carbocycles. The van der Waals surface area contributed by atoms with Crippen LogP contribution in [0.2, 0.25) is 0 Å². The fourth-order valence-electron chi connectivity index (χ4n) is 13.4. The minimum Gasteiger partial charge on any atom is -0.463 e. The summed E-state index contributed by atoms with van der Waals surface area (Å²) >= 11 is 0. The first-order chi connectivity index (χ1) is 60.9. The van der Waals surface area contributed by atoms with E-state index in [1.165, 1.54) is 20.8 Å². The molecule has 3 heterocycles. The van der Waals surface area contributed by atoms with Gasteiger partial charge in [-0.25, -0.2) is 0 Å². The van der Waals surface area contributed by atoms with Gasteiger partial charge in [-0.15, -0.1) is 0 Å². The van der Waals surface area contributed by atoms with Gasteiger partial charge in [0.1, 0.15) is 73.6 Å². The Hall–Kier alpha value is -8.93. The van der Waals surface area contributed by atoms with Gasteiger partial charge in [0.2, 0.25) is 29.5 Å². The van der Waals surface area contributed by atoms with E-state index in [0.29, 0.717) is 25.9 Å². The van der Waals surface area contributed by atoms with Crippen molar-refractivity contribution in [2.45, 2.75) is 297 Å². The highest BCUT2D eigenvalue weighted by Gasteiger charge is 2.55. The number of ketones is 3. The Morgan fingerprint density at radius 1 is 0.289 bits per heavy atom. The second-order valence-electron chi connectivity index (χ2n) is 29.8. The Morgan fingerprint density at radius 2 is 0.578 bits per heavy atom. The molecule has 44 nitrogen and oxygen atoms in total. The van der Waals surface area contributed by atoms with E-state index in [2.05, 4.69) is 26.6 Å². The van der Waals surface area contributed by atoms with Crippen LogP contribution in [-0.2, 0) is 186 Å². The van der Waals surface area contributed by atoms with Crippen molar-refractivity contribution in [2.24, 2.45) is 0 Å². The van der Waals surface area contributed by atoms with Gasteiger partial charge in [-0.2, -0.15) is 0 Å². The summed E-state index contributed by atoms with van der Waals surface area (Å²) in [5, 5.41) is 13.7. The molecule has 15 unspecified atom stereocenters. The molecular weight excluding hydrogens is 1700 g/mol. The monoisotopic (exact) mass is 1840 g/mol. The summed E-state index contributed by atoms with van der Waals surface area (Å²) in [5.74, 6) is -9.77. The molecule has 0 spiro atoms. The third kappa shape index (κ3) is 50.9. The molecule has 0 bridgehead atoms. The summed E-state index contributed by atoms with van der Waals surface area (Å²) in [4.78, 5) is 214. The molecule has 0 aromatic carbocycles. The molecule has 3 aliphatic rings. The fraction of sp³-hybridized carbons (Fsp3) is 0.798. The predicted molar refractivity (Wildman–Crippen MR) is 441 cm³/mol. The normalized spacial score (nSPS) is 22.2. The highest BCUT2D eigenvalue weighted by atomic mass is 16.7. The van der Waals surface area contributed by atoms with Gasteiger partial charge in [-0.3, -0.25) is 81.5 Å². The maximum absolute atomic E-state index is 14.1. The van der Waals surface area contributed by atoms with Crippen molar-refractivity contribution in [1.82, 2.24) is 26.6 Å². The first-order valence-electron chi connectivity index (χ1n) is 43.1. The summed E-state index contributed by atoms with van der Waals surface area (Å²) in [6.07, 6.45) is -13.4. The molecular formula is C84H137N5O39. The number of methoxy groups -OCH3 is 1. The van der Waals surface area contributed by atoms with Crippen LogP contribution in [0.3, 0.4) is 0 Å². The Balaban J connectivity index is 0.0000275. The third-order valence-corrected chi connectivity index (χ3v) is 18.8. The molecule has 3 fully saturated rings. The van der Waals surface area contributed by atoms with E-state index >= 15 is 0 Å². The van der Waals surface area contributed by atoms with Gasteiger partial charge in [0.05, 0.1) is 85.9 Å². The zero-order chi connectivity index (χ0) is 95.5. The van der Waals surface area contributed by atoms with Crippen LogP contribution < -0.4 is 26.6 Å². The summed E-state index contributed by atoms with van der Waals surface area (Å²) in [6.45, 7) is 17.1. The fourth-order valence-corrected chi connectivity index (χ4v) is 13.4. The van der Waals surface area contributed by atoms with Crippen LogP contribution in [0.5, 0.6) is 0 Å². The SMILES string of the molecule is CC.COCCCCC(=O)CCCC(=O)NC(CCC(=O)CCCOCCOCCOC1OC(COC(C)=O)C(OC(C)=O)C(OC(C)=O)C1NC(C)=O)(CCC(=O)CCCOCCOCCOC1OC(COC(C)=O)C(OC(C)=O)C(OC(C)=O)C1NC(C)=O)CCC(=O)NCCOCCOCCOC1OC(COC(C)=O)C(OC(C)=O)C(OC(C)=O)C1NC(C)=O. The molecule has 44 heteroatoms. The van der Waals surface area contributed by atoms with Crippen molar-refractivity contribution in [1.29, 1.82) is 0 Å². The number of rotatable bonds is 66. The van der Waals surface area contributed by atoms with Crippen molar-refractivity contribution in [3.8, 4) is 0 Å². The van der Waals surface area contributed by atoms with E-state index in [9.17, 15) is 81.5 Å². The molecule has 128 heavy (non-hydrogen) atoms. The number of carbonyl (C=O) groups excluding carboxylic acids is 17. The minimum absolute atomic E-state index is 0.00809. The predicted octanol–water partition coefficient (Wildman–Crippen LogP) is 1.70. The van der Waals surface area contributed by atoms with Crippen LogP contribution in [0, 0.1) is 0 Å². The van der Waals surface area contributed by atoms with Crippen molar-refractivity contribution < 1.29 is 186 Å². The molecule has 5 N–H and O–H groups in total. The summed E-state index contributed by atoms with van der Waals surface area (Å²) in [6, 6.07) is -3.58. The molecule has 5 amide bonds. The summed E-state index contributed by atoms with van der Waals surface area (Å²) < 4.78 is 124. The topological polar surface area (TPSA) is 553 Å². The summed E-state index contributed by atoms with van der Waals surface area (Å²) in [5.41, 5.74) is -1.31. The molecule has 3 rings (SSSR count). The molecule has 0 aromatic heterocycles. The van der Waals surface area contributed by atoms with Crippen LogP contribution >= 0.6 is 0 Å². The number of amides is 5. The van der Waals surface area contributed by atoms with E-state index in [1.54, 1.807) is 7.11 Å². The number of hydrogen-bond acceptors (Lipinski definition) is 39. The van der Waals surface area contributed by atoms with Crippen molar-refractivity contribution in [3.63, 3.8) is 0 Å². The lowest BCUT2D eigenvalue weighted by atomic mass is 9.81. The zero-order valence-corrected chi connectivity index (χ0v) is 76.5. The number of nitrogens with one attached hydrogen (secondary N) is 5. The number of esters is 9. The van der Waals surface area contributed by atoms with Gasteiger partial charge in [0, 0.05) is 173 Å². The standard InChI is InChI=1S/C82H131N5O39.C2H6/c1-50(88)84-70-76(121-59(10)97)73(118-56(7)94)65(47-115-53(4)91)124-79(70)112-44-41-109-38-35-106-32-17-21-63(101)24-27-82(87-69(104)23-16-20-62(100)19-14-15-31-105-13,28-25-64(102)22-18-33-107-36-39-110-42-45-113-80-71(85-51(2)89)77(122-60(11)98)74(119-57(8)95)66(125-80)48-116-54(5)92)29-26-68(103)83-30-34-108-37-40-111-43-46-114-81-72(86-52(3)90)78(123-61(12)99)75(120-58(9)96)67(126-81)49-117-55(6)93;1-2/h65-67,70-81H,14-49H2,1-13H3,(H,83,103)(H,84,88)(H,85,89)(H,86,90)(H,87,104);1-2H3. The molecule has 732 valence electrons. The van der Waals surface area contributed by atoms with Crippen molar-refractivity contribution in [2.75, 3.05) is 139 Å². The van der Waals surface area contributed by atoms with Gasteiger partial charge in [-0.05, 0) is 51.4 Å². The molecule has 0 aromatic rings. The van der Waals surface area contributed by atoms with Gasteiger partial charge in [0.25, 0.3) is 0 Å². The van der Waals surface area contributed by atoms with E-state index in [-0.39, 0.29) is 206 Å². The van der Waals surface area contributed by atoms with Gasteiger partial charge in [-0.1, -0.05) is 13.8 Å². The highest BCUT2D eigenvalue weighted by molar-refractivity contribution is 5.83. The van der Waals surface area contributed by atoms with Crippen LogP contribution in [-0.4, -0.2) is 337 Å².